The normalized spacial score (nSPS) is 15.1. The van der Waals surface area contributed by atoms with E-state index < -0.39 is 23.6 Å². The lowest BCUT2D eigenvalue weighted by Crippen LogP contribution is -2.39. The van der Waals surface area contributed by atoms with Crippen molar-refractivity contribution in [3.8, 4) is 5.69 Å². The number of amides is 1. The number of piperidine rings is 1. The Morgan fingerprint density at radius 3 is 2.50 bits per heavy atom. The third kappa shape index (κ3) is 4.68. The molecule has 1 amide bonds. The first-order chi connectivity index (χ1) is 15.3. The number of alkyl halides is 3. The van der Waals surface area contributed by atoms with Crippen molar-refractivity contribution in [2.45, 2.75) is 19.0 Å². The highest BCUT2D eigenvalue weighted by Crippen LogP contribution is 2.29. The standard InChI is InChI=1S/C20H19F4N7O/c21-14-2-1-3-15(31-27-8-9-28-31)17(14)18(32)26-12-13-5-10-30(11-6-13)19-25-7-4-16(29-19)20(22,23)24/h1-4,7-9,13H,5-6,10-12H2,(H,26,32). The van der Waals surface area contributed by atoms with Crippen molar-refractivity contribution in [2.24, 2.45) is 5.92 Å². The van der Waals surface area contributed by atoms with Crippen molar-refractivity contribution in [1.82, 2.24) is 30.3 Å². The number of carbonyl (C=O) groups is 1. The Kier molecular flexibility index (Phi) is 6.01. The van der Waals surface area contributed by atoms with Gasteiger partial charge in [0.25, 0.3) is 5.91 Å². The number of anilines is 1. The van der Waals surface area contributed by atoms with Crippen LogP contribution in [0.4, 0.5) is 23.5 Å². The maximum atomic E-state index is 14.4. The lowest BCUT2D eigenvalue weighted by Gasteiger charge is -2.32. The number of carbonyl (C=O) groups excluding carboxylic acids is 1. The van der Waals surface area contributed by atoms with Gasteiger partial charge in [-0.15, -0.1) is 0 Å². The number of nitrogens with one attached hydrogen (secondary N) is 1. The van der Waals surface area contributed by atoms with E-state index in [1.54, 1.807) is 11.0 Å². The van der Waals surface area contributed by atoms with Gasteiger partial charge in [0.05, 0.1) is 12.4 Å². The minimum absolute atomic E-state index is 0.0324. The molecule has 0 unspecified atom stereocenters. The molecule has 1 aliphatic heterocycles. The Morgan fingerprint density at radius 1 is 1.09 bits per heavy atom. The highest BCUT2D eigenvalue weighted by atomic mass is 19.4. The zero-order chi connectivity index (χ0) is 22.7. The first-order valence-corrected chi connectivity index (χ1v) is 9.91. The summed E-state index contributed by atoms with van der Waals surface area (Å²) in [7, 11) is 0. The molecule has 2 aromatic heterocycles. The lowest BCUT2D eigenvalue weighted by molar-refractivity contribution is -0.141. The Bertz CT molecular complexity index is 1080. The quantitative estimate of drug-likeness (QED) is 0.603. The molecule has 3 heterocycles. The maximum absolute atomic E-state index is 14.4. The molecule has 12 heteroatoms. The molecule has 1 N–H and O–H groups in total. The van der Waals surface area contributed by atoms with Gasteiger partial charge in [-0.05, 0) is 37.0 Å². The van der Waals surface area contributed by atoms with Crippen LogP contribution in [0.25, 0.3) is 5.69 Å². The minimum atomic E-state index is -4.53. The molecular weight excluding hydrogens is 430 g/mol. The van der Waals surface area contributed by atoms with Crippen LogP contribution in [0.2, 0.25) is 0 Å². The van der Waals surface area contributed by atoms with E-state index in [2.05, 4.69) is 25.5 Å². The molecule has 0 radical (unpaired) electrons. The molecule has 32 heavy (non-hydrogen) atoms. The molecule has 0 saturated carbocycles. The molecule has 0 aliphatic carbocycles. The van der Waals surface area contributed by atoms with Crippen LogP contribution in [0, 0.1) is 11.7 Å². The monoisotopic (exact) mass is 449 g/mol. The molecule has 3 aromatic rings. The summed E-state index contributed by atoms with van der Waals surface area (Å²) in [5.74, 6) is -1.16. The van der Waals surface area contributed by atoms with Crippen molar-refractivity contribution in [1.29, 1.82) is 0 Å². The second-order valence-corrected chi connectivity index (χ2v) is 7.33. The predicted molar refractivity (Wildman–Crippen MR) is 106 cm³/mol. The summed E-state index contributed by atoms with van der Waals surface area (Å²) in [5.41, 5.74) is -0.910. The minimum Gasteiger partial charge on any atom is -0.352 e. The second kappa shape index (κ2) is 8.89. The zero-order valence-corrected chi connectivity index (χ0v) is 16.8. The van der Waals surface area contributed by atoms with Gasteiger partial charge >= 0.3 is 6.18 Å². The summed E-state index contributed by atoms with van der Waals surface area (Å²) < 4.78 is 53.0. The average Bonchev–Trinajstić information content (AvgIpc) is 3.32. The Labute approximate surface area is 180 Å². The van der Waals surface area contributed by atoms with E-state index in [0.29, 0.717) is 32.5 Å². The average molecular weight is 449 g/mol. The molecule has 1 fully saturated rings. The summed E-state index contributed by atoms with van der Waals surface area (Å²) in [4.78, 5) is 23.1. The molecule has 4 rings (SSSR count). The van der Waals surface area contributed by atoms with Crippen LogP contribution >= 0.6 is 0 Å². The van der Waals surface area contributed by atoms with Gasteiger partial charge in [0.2, 0.25) is 5.95 Å². The zero-order valence-electron chi connectivity index (χ0n) is 16.8. The third-order valence-electron chi connectivity index (χ3n) is 5.23. The molecule has 0 atom stereocenters. The second-order valence-electron chi connectivity index (χ2n) is 7.33. The van der Waals surface area contributed by atoms with Crippen molar-refractivity contribution in [3.05, 3.63) is 59.9 Å². The fourth-order valence-electron chi connectivity index (χ4n) is 3.57. The summed E-state index contributed by atoms with van der Waals surface area (Å²) in [5, 5.41) is 10.6. The van der Waals surface area contributed by atoms with E-state index in [0.717, 1.165) is 12.3 Å². The van der Waals surface area contributed by atoms with Gasteiger partial charge in [-0.2, -0.15) is 28.2 Å². The van der Waals surface area contributed by atoms with Crippen molar-refractivity contribution in [2.75, 3.05) is 24.5 Å². The molecule has 1 aliphatic rings. The number of hydrogen-bond donors (Lipinski definition) is 1. The van der Waals surface area contributed by atoms with Gasteiger partial charge in [-0.1, -0.05) is 6.07 Å². The Balaban J connectivity index is 1.36. The topological polar surface area (TPSA) is 88.8 Å². The van der Waals surface area contributed by atoms with Crippen LogP contribution in [0.3, 0.4) is 0 Å². The van der Waals surface area contributed by atoms with E-state index in [9.17, 15) is 22.4 Å². The fourth-order valence-corrected chi connectivity index (χ4v) is 3.57. The van der Waals surface area contributed by atoms with Gasteiger partial charge in [0.1, 0.15) is 22.8 Å². The Hall–Kier alpha value is -3.57. The van der Waals surface area contributed by atoms with Gasteiger partial charge in [0, 0.05) is 25.8 Å². The van der Waals surface area contributed by atoms with Crippen LogP contribution in [0.15, 0.2) is 42.9 Å². The smallest absolute Gasteiger partial charge is 0.352 e. The Morgan fingerprint density at radius 2 is 1.81 bits per heavy atom. The maximum Gasteiger partial charge on any atom is 0.433 e. The number of halogens is 4. The molecule has 1 saturated heterocycles. The van der Waals surface area contributed by atoms with Crippen molar-refractivity contribution >= 4 is 11.9 Å². The fraction of sp³-hybridized carbons (Fsp3) is 0.350. The summed E-state index contributed by atoms with van der Waals surface area (Å²) in [6.07, 6.45) is 0.647. The number of hydrogen-bond acceptors (Lipinski definition) is 6. The van der Waals surface area contributed by atoms with Crippen LogP contribution in [0.1, 0.15) is 28.9 Å². The third-order valence-corrected chi connectivity index (χ3v) is 5.23. The molecule has 0 bridgehead atoms. The summed E-state index contributed by atoms with van der Waals surface area (Å²) in [6, 6.07) is 5.04. The predicted octanol–water partition coefficient (Wildman–Crippen LogP) is 2.86. The highest BCUT2D eigenvalue weighted by molar-refractivity contribution is 5.98. The van der Waals surface area contributed by atoms with E-state index in [1.807, 2.05) is 0 Å². The van der Waals surface area contributed by atoms with E-state index in [1.165, 1.54) is 29.3 Å². The van der Waals surface area contributed by atoms with Gasteiger partial charge in [-0.3, -0.25) is 4.79 Å². The molecule has 1 aromatic carbocycles. The number of nitrogens with zero attached hydrogens (tertiary/aromatic N) is 6. The van der Waals surface area contributed by atoms with Gasteiger partial charge < -0.3 is 10.2 Å². The first-order valence-electron chi connectivity index (χ1n) is 9.91. The van der Waals surface area contributed by atoms with Crippen LogP contribution < -0.4 is 10.2 Å². The van der Waals surface area contributed by atoms with E-state index >= 15 is 0 Å². The molecule has 168 valence electrons. The van der Waals surface area contributed by atoms with Crippen molar-refractivity contribution in [3.63, 3.8) is 0 Å². The number of rotatable bonds is 5. The largest absolute Gasteiger partial charge is 0.433 e. The summed E-state index contributed by atoms with van der Waals surface area (Å²) in [6.45, 7) is 1.20. The first kappa shape index (κ1) is 21.7. The van der Waals surface area contributed by atoms with Crippen LogP contribution in [-0.2, 0) is 6.18 Å². The highest BCUT2D eigenvalue weighted by Gasteiger charge is 2.33. The van der Waals surface area contributed by atoms with Gasteiger partial charge in [-0.25, -0.2) is 14.4 Å². The van der Waals surface area contributed by atoms with E-state index in [-0.39, 0.29) is 23.1 Å². The molecule has 0 spiro atoms. The van der Waals surface area contributed by atoms with Crippen LogP contribution in [0.5, 0.6) is 0 Å². The summed E-state index contributed by atoms with van der Waals surface area (Å²) >= 11 is 0. The SMILES string of the molecule is O=C(NCC1CCN(c2nccc(C(F)(F)F)n2)CC1)c1c(F)cccc1-n1nccn1. The van der Waals surface area contributed by atoms with E-state index in [4.69, 9.17) is 0 Å². The molecular formula is C20H19F4N7O. The van der Waals surface area contributed by atoms with Crippen LogP contribution in [-0.4, -0.2) is 50.5 Å². The lowest BCUT2D eigenvalue weighted by atomic mass is 9.97. The van der Waals surface area contributed by atoms with Crippen molar-refractivity contribution < 1.29 is 22.4 Å². The van der Waals surface area contributed by atoms with Gasteiger partial charge in [0.15, 0.2) is 0 Å². The number of benzene rings is 1. The molecule has 8 nitrogen and oxygen atoms in total. The number of aromatic nitrogens is 5.